The number of nitrogens with zero attached hydrogens (tertiary/aromatic N) is 3. The summed E-state index contributed by atoms with van der Waals surface area (Å²) in [5, 5.41) is 0. The number of carbonyl (C=O) groups excluding carboxylic acids is 1. The number of morpholine rings is 1. The first-order valence-corrected chi connectivity index (χ1v) is 11.8. The van der Waals surface area contributed by atoms with Crippen LogP contribution in [0.15, 0.2) is 78.9 Å². The molecule has 3 aromatic carbocycles. The molecule has 0 saturated carbocycles. The molecule has 0 aromatic heterocycles. The lowest BCUT2D eigenvalue weighted by Crippen LogP contribution is -2.49. The van der Waals surface area contributed by atoms with Gasteiger partial charge in [-0.05, 0) is 41.9 Å². The van der Waals surface area contributed by atoms with Crippen molar-refractivity contribution in [3.05, 3.63) is 84.4 Å². The third kappa shape index (κ3) is 5.27. The number of carbonyl (C=O) groups is 1. The molecule has 2 fully saturated rings. The lowest BCUT2D eigenvalue weighted by molar-refractivity contribution is -0.133. The fraction of sp³-hybridized carbons (Fsp3) is 0.321. The quantitative estimate of drug-likeness (QED) is 0.542. The van der Waals surface area contributed by atoms with Crippen molar-refractivity contribution in [1.82, 2.24) is 4.90 Å². The SMILES string of the molecule is CN1CCN(c2ccccc2CC2OCCN(c3ccc(-c4ccccc4)cc3)C2=O)CC1.Cl. The molecule has 0 spiro atoms. The topological polar surface area (TPSA) is 36.0 Å². The number of benzene rings is 3. The Hall–Kier alpha value is -2.86. The molecule has 34 heavy (non-hydrogen) atoms. The number of hydrogen-bond donors (Lipinski definition) is 0. The average molecular weight is 478 g/mol. The Morgan fingerprint density at radius 2 is 1.44 bits per heavy atom. The van der Waals surface area contributed by atoms with Gasteiger partial charge >= 0.3 is 0 Å². The fourth-order valence-corrected chi connectivity index (χ4v) is 4.75. The van der Waals surface area contributed by atoms with Crippen molar-refractivity contribution < 1.29 is 9.53 Å². The van der Waals surface area contributed by atoms with E-state index in [0.717, 1.165) is 37.4 Å². The molecule has 0 N–H and O–H groups in total. The van der Waals surface area contributed by atoms with E-state index in [1.54, 1.807) is 0 Å². The van der Waals surface area contributed by atoms with Crippen LogP contribution in [0.4, 0.5) is 11.4 Å². The fourth-order valence-electron chi connectivity index (χ4n) is 4.75. The van der Waals surface area contributed by atoms with Crippen molar-refractivity contribution in [1.29, 1.82) is 0 Å². The van der Waals surface area contributed by atoms with Crippen LogP contribution in [0.25, 0.3) is 11.1 Å². The van der Waals surface area contributed by atoms with Crippen LogP contribution in [0, 0.1) is 0 Å². The van der Waals surface area contributed by atoms with Gasteiger partial charge in [0.2, 0.25) is 0 Å². The van der Waals surface area contributed by atoms with E-state index in [9.17, 15) is 4.79 Å². The molecule has 5 nitrogen and oxygen atoms in total. The van der Waals surface area contributed by atoms with Gasteiger partial charge in [0, 0.05) is 50.5 Å². The van der Waals surface area contributed by atoms with Crippen LogP contribution in [-0.2, 0) is 16.0 Å². The van der Waals surface area contributed by atoms with Crippen molar-refractivity contribution in [3.8, 4) is 11.1 Å². The van der Waals surface area contributed by atoms with Crippen molar-refractivity contribution in [2.75, 3.05) is 56.2 Å². The zero-order chi connectivity index (χ0) is 22.6. The Labute approximate surface area is 208 Å². The standard InChI is InChI=1S/C28H31N3O2.ClH/c1-29-15-17-30(18-16-29)26-10-6-5-9-24(26)21-27-28(32)31(19-20-33-27)25-13-11-23(12-14-25)22-7-3-2-4-8-22;/h2-14,27H,15-21H2,1H3;1H. The van der Waals surface area contributed by atoms with Gasteiger partial charge in [0.25, 0.3) is 5.91 Å². The summed E-state index contributed by atoms with van der Waals surface area (Å²) in [6.45, 7) is 5.26. The molecule has 6 heteroatoms. The lowest BCUT2D eigenvalue weighted by atomic mass is 10.0. The van der Waals surface area contributed by atoms with Gasteiger partial charge < -0.3 is 19.4 Å². The molecule has 1 unspecified atom stereocenters. The van der Waals surface area contributed by atoms with Gasteiger partial charge in [0.05, 0.1) is 6.61 Å². The van der Waals surface area contributed by atoms with E-state index >= 15 is 0 Å². The van der Waals surface area contributed by atoms with Crippen LogP contribution in [0.2, 0.25) is 0 Å². The van der Waals surface area contributed by atoms with Gasteiger partial charge in [-0.1, -0.05) is 60.7 Å². The number of rotatable bonds is 5. The van der Waals surface area contributed by atoms with E-state index in [1.807, 2.05) is 35.2 Å². The summed E-state index contributed by atoms with van der Waals surface area (Å²) in [6, 6.07) is 27.0. The van der Waals surface area contributed by atoms with Crippen LogP contribution in [0.1, 0.15) is 5.56 Å². The van der Waals surface area contributed by atoms with Crippen molar-refractivity contribution in [3.63, 3.8) is 0 Å². The molecular formula is C28H32ClN3O2. The lowest BCUT2D eigenvalue weighted by Gasteiger charge is -2.36. The van der Waals surface area contributed by atoms with Crippen LogP contribution < -0.4 is 9.80 Å². The Morgan fingerprint density at radius 1 is 0.794 bits per heavy atom. The number of ether oxygens (including phenoxy) is 1. The van der Waals surface area contributed by atoms with Gasteiger partial charge in [0.15, 0.2) is 0 Å². The highest BCUT2D eigenvalue weighted by Crippen LogP contribution is 2.28. The van der Waals surface area contributed by atoms with Crippen LogP contribution in [0.5, 0.6) is 0 Å². The summed E-state index contributed by atoms with van der Waals surface area (Å²) in [6.07, 6.45) is 0.140. The monoisotopic (exact) mass is 477 g/mol. The Morgan fingerprint density at radius 3 is 2.18 bits per heavy atom. The first kappa shape index (κ1) is 24.3. The molecule has 2 heterocycles. The first-order valence-electron chi connectivity index (χ1n) is 11.8. The Balaban J connectivity index is 0.00000274. The minimum absolute atomic E-state index is 0. The average Bonchev–Trinajstić information content (AvgIpc) is 2.87. The second-order valence-electron chi connectivity index (χ2n) is 8.89. The van der Waals surface area contributed by atoms with E-state index in [4.69, 9.17) is 4.74 Å². The third-order valence-electron chi connectivity index (χ3n) is 6.70. The summed E-state index contributed by atoms with van der Waals surface area (Å²) in [5.41, 5.74) is 5.67. The number of hydrogen-bond acceptors (Lipinski definition) is 4. The minimum atomic E-state index is -0.457. The Kier molecular flexibility index (Phi) is 7.88. The number of anilines is 2. The molecule has 3 aromatic rings. The number of amides is 1. The van der Waals surface area contributed by atoms with E-state index in [2.05, 4.69) is 65.4 Å². The van der Waals surface area contributed by atoms with Gasteiger partial charge in [-0.25, -0.2) is 0 Å². The largest absolute Gasteiger partial charge is 0.369 e. The van der Waals surface area contributed by atoms with Crippen LogP contribution in [-0.4, -0.2) is 63.3 Å². The second-order valence-corrected chi connectivity index (χ2v) is 8.89. The molecule has 0 aliphatic carbocycles. The predicted molar refractivity (Wildman–Crippen MR) is 141 cm³/mol. The maximum absolute atomic E-state index is 13.4. The second kappa shape index (κ2) is 11.0. The zero-order valence-corrected chi connectivity index (χ0v) is 20.4. The molecule has 1 atom stereocenters. The van der Waals surface area contributed by atoms with E-state index < -0.39 is 6.10 Å². The summed E-state index contributed by atoms with van der Waals surface area (Å²) >= 11 is 0. The molecule has 2 aliphatic rings. The van der Waals surface area contributed by atoms with E-state index in [-0.39, 0.29) is 18.3 Å². The Bertz CT molecular complexity index is 1080. The summed E-state index contributed by atoms with van der Waals surface area (Å²) in [4.78, 5) is 20.1. The number of likely N-dealkylation sites (N-methyl/N-ethyl adjacent to an activating group) is 1. The highest BCUT2D eigenvalue weighted by molar-refractivity contribution is 5.97. The van der Waals surface area contributed by atoms with Crippen molar-refractivity contribution in [2.45, 2.75) is 12.5 Å². The first-order chi connectivity index (χ1) is 16.2. The molecule has 1 amide bonds. The maximum Gasteiger partial charge on any atom is 0.256 e. The van der Waals surface area contributed by atoms with Gasteiger partial charge in [-0.15, -0.1) is 12.4 Å². The molecule has 5 rings (SSSR count). The number of piperazine rings is 1. The molecule has 0 bridgehead atoms. The van der Waals surface area contributed by atoms with Gasteiger partial charge in [-0.2, -0.15) is 0 Å². The smallest absolute Gasteiger partial charge is 0.256 e. The molecule has 178 valence electrons. The minimum Gasteiger partial charge on any atom is -0.369 e. The maximum atomic E-state index is 13.4. The molecule has 2 saturated heterocycles. The van der Waals surface area contributed by atoms with E-state index in [0.29, 0.717) is 19.6 Å². The van der Waals surface area contributed by atoms with Crippen LogP contribution >= 0.6 is 12.4 Å². The summed E-state index contributed by atoms with van der Waals surface area (Å²) < 4.78 is 5.98. The predicted octanol–water partition coefficient (Wildman–Crippen LogP) is 4.50. The zero-order valence-electron chi connectivity index (χ0n) is 19.6. The molecule has 2 aliphatic heterocycles. The number of halogens is 1. The van der Waals surface area contributed by atoms with E-state index in [1.165, 1.54) is 16.8 Å². The van der Waals surface area contributed by atoms with Gasteiger partial charge in [0.1, 0.15) is 6.10 Å². The molecular weight excluding hydrogens is 446 g/mol. The highest BCUT2D eigenvalue weighted by atomic mass is 35.5. The van der Waals surface area contributed by atoms with Gasteiger partial charge in [-0.3, -0.25) is 4.79 Å². The van der Waals surface area contributed by atoms with Crippen molar-refractivity contribution >= 4 is 29.7 Å². The number of para-hydroxylation sites is 1. The summed E-state index contributed by atoms with van der Waals surface area (Å²) in [7, 11) is 2.17. The van der Waals surface area contributed by atoms with Crippen LogP contribution in [0.3, 0.4) is 0 Å². The molecule has 0 radical (unpaired) electrons. The highest BCUT2D eigenvalue weighted by Gasteiger charge is 2.31. The van der Waals surface area contributed by atoms with Crippen molar-refractivity contribution in [2.24, 2.45) is 0 Å². The normalized spacial score (nSPS) is 19.1. The third-order valence-corrected chi connectivity index (χ3v) is 6.70. The summed E-state index contributed by atoms with van der Waals surface area (Å²) in [5.74, 6) is 0.0434.